The van der Waals surface area contributed by atoms with Gasteiger partial charge in [-0.15, -0.1) is 0 Å². The van der Waals surface area contributed by atoms with E-state index in [1.165, 1.54) is 0 Å². The maximum atomic E-state index is 12.0. The zero-order valence-electron chi connectivity index (χ0n) is 14.6. The lowest BCUT2D eigenvalue weighted by Gasteiger charge is -2.31. The molecule has 2 heterocycles. The lowest BCUT2D eigenvalue weighted by molar-refractivity contribution is -0.143. The molecule has 1 unspecified atom stereocenters. The fourth-order valence-electron chi connectivity index (χ4n) is 3.21. The number of nitrogens with one attached hydrogen (secondary N) is 2. The van der Waals surface area contributed by atoms with E-state index in [1.54, 1.807) is 24.4 Å². The number of amides is 1. The molecule has 0 aliphatic carbocycles. The largest absolute Gasteiger partial charge is 0.481 e. The van der Waals surface area contributed by atoms with Gasteiger partial charge in [0.05, 0.1) is 6.42 Å². The van der Waals surface area contributed by atoms with Crippen molar-refractivity contribution in [1.82, 2.24) is 9.88 Å². The maximum Gasteiger partial charge on any atom is 0.325 e. The smallest absolute Gasteiger partial charge is 0.325 e. The number of carbonyl (C=O) groups excluding carboxylic acids is 1. The van der Waals surface area contributed by atoms with Crippen molar-refractivity contribution in [2.45, 2.75) is 18.9 Å². The third kappa shape index (κ3) is 4.61. The summed E-state index contributed by atoms with van der Waals surface area (Å²) in [5.74, 6) is -0.526. The van der Waals surface area contributed by atoms with Gasteiger partial charge in [0.15, 0.2) is 0 Å². The first kappa shape index (κ1) is 19.2. The maximum absolute atomic E-state index is 12.0. The van der Waals surface area contributed by atoms with Crippen molar-refractivity contribution in [2.24, 2.45) is 0 Å². The molecule has 0 bridgehead atoms. The zero-order chi connectivity index (χ0) is 19.4. The molecule has 3 rings (SSSR count). The van der Waals surface area contributed by atoms with Crippen LogP contribution in [0, 0.1) is 0 Å². The number of thioether (sulfide) groups is 1. The summed E-state index contributed by atoms with van der Waals surface area (Å²) in [6, 6.07) is 4.46. The van der Waals surface area contributed by atoms with Gasteiger partial charge in [0.2, 0.25) is 5.91 Å². The molecule has 1 fully saturated rings. The Kier molecular flexibility index (Phi) is 6.02. The molecular weight excluding hydrogens is 370 g/mol. The van der Waals surface area contributed by atoms with Crippen LogP contribution in [-0.2, 0) is 14.4 Å². The van der Waals surface area contributed by atoms with Gasteiger partial charge in [-0.1, -0.05) is 0 Å². The molecule has 1 atom stereocenters. The van der Waals surface area contributed by atoms with Gasteiger partial charge in [-0.3, -0.25) is 19.3 Å². The van der Waals surface area contributed by atoms with E-state index in [0.29, 0.717) is 24.3 Å². The third-order valence-corrected chi connectivity index (χ3v) is 5.45. The Morgan fingerprint density at radius 3 is 2.59 bits per heavy atom. The van der Waals surface area contributed by atoms with Crippen LogP contribution in [0.2, 0.25) is 0 Å². The summed E-state index contributed by atoms with van der Waals surface area (Å²) >= 11 is 1.81. The Morgan fingerprint density at radius 2 is 1.93 bits per heavy atom. The van der Waals surface area contributed by atoms with Crippen LogP contribution < -0.4 is 5.32 Å². The van der Waals surface area contributed by atoms with Gasteiger partial charge in [-0.05, 0) is 18.2 Å². The highest BCUT2D eigenvalue weighted by atomic mass is 32.2. The number of benzene rings is 1. The Morgan fingerprint density at radius 1 is 1.19 bits per heavy atom. The first-order valence-electron chi connectivity index (χ1n) is 8.63. The first-order chi connectivity index (χ1) is 13.0. The molecule has 1 aliphatic heterocycles. The van der Waals surface area contributed by atoms with Gasteiger partial charge in [-0.2, -0.15) is 11.8 Å². The van der Waals surface area contributed by atoms with Crippen molar-refractivity contribution < 1.29 is 24.6 Å². The van der Waals surface area contributed by atoms with Crippen molar-refractivity contribution >= 4 is 46.2 Å². The summed E-state index contributed by atoms with van der Waals surface area (Å²) in [4.78, 5) is 39.5. The van der Waals surface area contributed by atoms with Crippen LogP contribution in [0.3, 0.4) is 0 Å². The highest BCUT2D eigenvalue weighted by Crippen LogP contribution is 2.32. The van der Waals surface area contributed by atoms with Crippen LogP contribution in [0.15, 0.2) is 24.4 Å². The summed E-state index contributed by atoms with van der Waals surface area (Å²) < 4.78 is 0. The predicted molar refractivity (Wildman–Crippen MR) is 103 cm³/mol. The molecule has 0 saturated carbocycles. The number of carboxylic acids is 2. The molecule has 8 nitrogen and oxygen atoms in total. The van der Waals surface area contributed by atoms with E-state index in [4.69, 9.17) is 5.11 Å². The first-order valence-corrected chi connectivity index (χ1v) is 9.78. The number of rotatable bonds is 7. The van der Waals surface area contributed by atoms with Crippen molar-refractivity contribution in [3.8, 4) is 0 Å². The monoisotopic (exact) mass is 391 g/mol. The Hall–Kier alpha value is -2.52. The SMILES string of the molecule is O=C(O)CCC(=O)Nc1ccc2[nH]cc(C(C(=O)O)N3CCSCC3)c2c1. The third-order valence-electron chi connectivity index (χ3n) is 4.50. The van der Waals surface area contributed by atoms with Crippen LogP contribution >= 0.6 is 11.8 Å². The van der Waals surface area contributed by atoms with Crippen LogP contribution in [0.4, 0.5) is 5.69 Å². The molecule has 0 spiro atoms. The molecule has 1 amide bonds. The number of aromatic nitrogens is 1. The summed E-state index contributed by atoms with van der Waals surface area (Å²) in [5.41, 5.74) is 1.95. The van der Waals surface area contributed by atoms with Crippen molar-refractivity contribution in [3.05, 3.63) is 30.0 Å². The number of anilines is 1. The highest BCUT2D eigenvalue weighted by Gasteiger charge is 2.30. The number of carboxylic acid groups (broad SMARTS) is 2. The van der Waals surface area contributed by atoms with Gasteiger partial charge in [0.1, 0.15) is 6.04 Å². The lowest BCUT2D eigenvalue weighted by atomic mass is 10.0. The zero-order valence-corrected chi connectivity index (χ0v) is 15.4. The minimum Gasteiger partial charge on any atom is -0.481 e. The number of hydrogen-bond donors (Lipinski definition) is 4. The molecule has 1 aromatic carbocycles. The normalized spacial score (nSPS) is 16.1. The van der Waals surface area contributed by atoms with Gasteiger partial charge in [0.25, 0.3) is 0 Å². The molecule has 144 valence electrons. The number of nitrogens with zero attached hydrogens (tertiary/aromatic N) is 1. The van der Waals surface area contributed by atoms with Crippen LogP contribution in [0.5, 0.6) is 0 Å². The van der Waals surface area contributed by atoms with Crippen molar-refractivity contribution in [1.29, 1.82) is 0 Å². The summed E-state index contributed by atoms with van der Waals surface area (Å²) in [5, 5.41) is 21.9. The summed E-state index contributed by atoms with van der Waals surface area (Å²) in [6.45, 7) is 1.42. The van der Waals surface area contributed by atoms with E-state index < -0.39 is 23.9 Å². The highest BCUT2D eigenvalue weighted by molar-refractivity contribution is 7.99. The van der Waals surface area contributed by atoms with Gasteiger partial charge in [0, 0.05) is 59.4 Å². The molecule has 0 radical (unpaired) electrons. The molecule has 9 heteroatoms. The molecular formula is C18H21N3O5S. The number of aliphatic carboxylic acids is 2. The molecule has 1 aliphatic rings. The van der Waals surface area contributed by atoms with Gasteiger partial charge >= 0.3 is 11.9 Å². The summed E-state index contributed by atoms with van der Waals surface area (Å²) in [6.07, 6.45) is 1.36. The number of H-pyrrole nitrogens is 1. The number of carbonyl (C=O) groups is 3. The van der Waals surface area contributed by atoms with Crippen molar-refractivity contribution in [3.63, 3.8) is 0 Å². The van der Waals surface area contributed by atoms with E-state index in [-0.39, 0.29) is 12.8 Å². The fourth-order valence-corrected chi connectivity index (χ4v) is 4.14. The molecule has 27 heavy (non-hydrogen) atoms. The van der Waals surface area contributed by atoms with Gasteiger partial charge < -0.3 is 20.5 Å². The van der Waals surface area contributed by atoms with E-state index in [9.17, 15) is 19.5 Å². The predicted octanol–water partition coefficient (Wildman–Crippen LogP) is 2.15. The lowest BCUT2D eigenvalue weighted by Crippen LogP contribution is -2.39. The van der Waals surface area contributed by atoms with Crippen molar-refractivity contribution in [2.75, 3.05) is 29.9 Å². The van der Waals surface area contributed by atoms with Crippen LogP contribution in [0.25, 0.3) is 10.9 Å². The molecule has 1 aromatic heterocycles. The number of fused-ring (bicyclic) bond motifs is 1. The topological polar surface area (TPSA) is 123 Å². The van der Waals surface area contributed by atoms with E-state index in [0.717, 1.165) is 22.4 Å². The van der Waals surface area contributed by atoms with E-state index in [2.05, 4.69) is 10.3 Å². The fraction of sp³-hybridized carbons (Fsp3) is 0.389. The summed E-state index contributed by atoms with van der Waals surface area (Å²) in [7, 11) is 0. The standard InChI is InChI=1S/C18H21N3O5S/c22-15(3-4-16(23)24)20-11-1-2-14-12(9-11)13(10-19-14)17(18(25)26)21-5-7-27-8-6-21/h1-2,9-10,17,19H,3-8H2,(H,20,22)(H,23,24)(H,25,26). The second kappa shape index (κ2) is 8.45. The number of hydrogen-bond acceptors (Lipinski definition) is 5. The second-order valence-corrected chi connectivity index (χ2v) is 7.56. The molecule has 4 N–H and O–H groups in total. The minimum atomic E-state index is -1.03. The Bertz CT molecular complexity index is 860. The average molecular weight is 391 g/mol. The average Bonchev–Trinajstić information content (AvgIpc) is 3.04. The van der Waals surface area contributed by atoms with Crippen LogP contribution in [0.1, 0.15) is 24.4 Å². The Balaban J connectivity index is 1.86. The van der Waals surface area contributed by atoms with Gasteiger partial charge in [-0.25, -0.2) is 0 Å². The molecule has 2 aromatic rings. The quantitative estimate of drug-likeness (QED) is 0.570. The second-order valence-electron chi connectivity index (χ2n) is 6.34. The van der Waals surface area contributed by atoms with E-state index in [1.807, 2.05) is 16.7 Å². The Labute approximate surface area is 159 Å². The number of aromatic amines is 1. The van der Waals surface area contributed by atoms with Crippen LogP contribution in [-0.4, -0.2) is 62.5 Å². The molecule has 1 saturated heterocycles. The minimum absolute atomic E-state index is 0.115. The van der Waals surface area contributed by atoms with E-state index >= 15 is 0 Å².